The van der Waals surface area contributed by atoms with E-state index < -0.39 is 0 Å². The first-order valence-electron chi connectivity index (χ1n) is 8.47. The maximum absolute atomic E-state index is 13.1. The zero-order valence-electron chi connectivity index (χ0n) is 14.2. The lowest BCUT2D eigenvalue weighted by Gasteiger charge is -2.31. The Balaban J connectivity index is 1.88. The smallest absolute Gasteiger partial charge is 0.274 e. The van der Waals surface area contributed by atoms with E-state index in [0.29, 0.717) is 22.3 Å². The summed E-state index contributed by atoms with van der Waals surface area (Å²) in [6.45, 7) is 2.37. The lowest BCUT2D eigenvalue weighted by molar-refractivity contribution is 0.0639. The number of imidazole rings is 1. The van der Waals surface area contributed by atoms with Gasteiger partial charge in [0.2, 0.25) is 0 Å². The summed E-state index contributed by atoms with van der Waals surface area (Å²) in [6, 6.07) is 5.59. The van der Waals surface area contributed by atoms with E-state index in [1.165, 1.54) is 0 Å². The van der Waals surface area contributed by atoms with Crippen molar-refractivity contribution >= 4 is 29.1 Å². The molecule has 1 aliphatic rings. The second-order valence-corrected chi connectivity index (χ2v) is 7.34. The molecule has 1 aliphatic heterocycles. The quantitative estimate of drug-likeness (QED) is 0.882. The van der Waals surface area contributed by atoms with Gasteiger partial charge >= 0.3 is 0 Å². The van der Waals surface area contributed by atoms with E-state index in [4.69, 9.17) is 23.2 Å². The summed E-state index contributed by atoms with van der Waals surface area (Å²) in [6.07, 6.45) is 6.35. The maximum atomic E-state index is 13.1. The van der Waals surface area contributed by atoms with Crippen LogP contribution in [0.15, 0.2) is 30.7 Å². The SMILES string of the molecule is Cn1cnc(C(=O)N(Cc2cc(Cl)cc(Cl)c2)C2CCCNCC2)c1. The van der Waals surface area contributed by atoms with Crippen LogP contribution in [0.25, 0.3) is 0 Å². The van der Waals surface area contributed by atoms with E-state index in [0.717, 1.165) is 37.9 Å². The Morgan fingerprint density at radius 1 is 1.28 bits per heavy atom. The number of nitrogens with zero attached hydrogens (tertiary/aromatic N) is 3. The Morgan fingerprint density at radius 3 is 2.72 bits per heavy atom. The number of halogens is 2. The van der Waals surface area contributed by atoms with Crippen LogP contribution in [0.3, 0.4) is 0 Å². The first-order chi connectivity index (χ1) is 12.0. The van der Waals surface area contributed by atoms with Gasteiger partial charge in [-0.2, -0.15) is 0 Å². The molecular weight excluding hydrogens is 359 g/mol. The fourth-order valence-electron chi connectivity index (χ4n) is 3.25. The lowest BCUT2D eigenvalue weighted by atomic mass is 10.1. The normalized spacial score (nSPS) is 18.0. The van der Waals surface area contributed by atoms with Crippen LogP contribution in [0.4, 0.5) is 0 Å². The van der Waals surface area contributed by atoms with Crippen LogP contribution in [0.5, 0.6) is 0 Å². The summed E-state index contributed by atoms with van der Waals surface area (Å²) in [5, 5.41) is 4.55. The van der Waals surface area contributed by atoms with Gasteiger partial charge in [0.1, 0.15) is 5.69 Å². The van der Waals surface area contributed by atoms with Crippen LogP contribution in [-0.4, -0.2) is 39.5 Å². The van der Waals surface area contributed by atoms with Crippen molar-refractivity contribution in [3.63, 3.8) is 0 Å². The fourth-order valence-corrected chi connectivity index (χ4v) is 3.82. The van der Waals surface area contributed by atoms with Crippen LogP contribution in [0.2, 0.25) is 10.0 Å². The minimum absolute atomic E-state index is 0.0522. The van der Waals surface area contributed by atoms with Gasteiger partial charge in [0.15, 0.2) is 0 Å². The number of hydrogen-bond donors (Lipinski definition) is 1. The summed E-state index contributed by atoms with van der Waals surface area (Å²) >= 11 is 12.3. The largest absolute Gasteiger partial charge is 0.340 e. The topological polar surface area (TPSA) is 50.2 Å². The van der Waals surface area contributed by atoms with Crippen molar-refractivity contribution in [1.29, 1.82) is 0 Å². The van der Waals surface area contributed by atoms with E-state index in [1.807, 2.05) is 24.1 Å². The van der Waals surface area contributed by atoms with Gasteiger partial charge in [-0.15, -0.1) is 0 Å². The summed E-state index contributed by atoms with van der Waals surface area (Å²) in [5.74, 6) is -0.0522. The van der Waals surface area contributed by atoms with E-state index >= 15 is 0 Å². The minimum Gasteiger partial charge on any atom is -0.340 e. The van der Waals surface area contributed by atoms with Gasteiger partial charge in [0.25, 0.3) is 5.91 Å². The molecule has 0 saturated carbocycles. The predicted molar refractivity (Wildman–Crippen MR) is 100 cm³/mol. The van der Waals surface area contributed by atoms with Gasteiger partial charge in [0.05, 0.1) is 6.33 Å². The monoisotopic (exact) mass is 380 g/mol. The number of benzene rings is 1. The van der Waals surface area contributed by atoms with Crippen LogP contribution >= 0.6 is 23.2 Å². The molecule has 1 atom stereocenters. The van der Waals surface area contributed by atoms with E-state index in [-0.39, 0.29) is 11.9 Å². The number of aromatic nitrogens is 2. The molecule has 0 bridgehead atoms. The highest BCUT2D eigenvalue weighted by Crippen LogP contribution is 2.24. The zero-order chi connectivity index (χ0) is 17.8. The van der Waals surface area contributed by atoms with Gasteiger partial charge in [-0.1, -0.05) is 23.2 Å². The second-order valence-electron chi connectivity index (χ2n) is 6.47. The van der Waals surface area contributed by atoms with Crippen molar-refractivity contribution in [2.75, 3.05) is 13.1 Å². The number of amides is 1. The van der Waals surface area contributed by atoms with Crippen molar-refractivity contribution in [2.45, 2.75) is 31.8 Å². The first-order valence-corrected chi connectivity index (χ1v) is 9.23. The summed E-state index contributed by atoms with van der Waals surface area (Å²) in [5.41, 5.74) is 1.40. The Bertz CT molecular complexity index is 718. The molecule has 25 heavy (non-hydrogen) atoms. The van der Waals surface area contributed by atoms with Crippen molar-refractivity contribution in [2.24, 2.45) is 7.05 Å². The third kappa shape index (κ3) is 4.75. The molecule has 1 fully saturated rings. The molecule has 134 valence electrons. The Hall–Kier alpha value is -1.56. The second kappa shape index (κ2) is 8.21. The highest BCUT2D eigenvalue weighted by molar-refractivity contribution is 6.34. The molecule has 7 heteroatoms. The molecule has 1 aromatic carbocycles. The predicted octanol–water partition coefficient (Wildman–Crippen LogP) is 3.51. The van der Waals surface area contributed by atoms with Crippen LogP contribution in [-0.2, 0) is 13.6 Å². The summed E-state index contributed by atoms with van der Waals surface area (Å²) < 4.78 is 1.79. The van der Waals surface area contributed by atoms with Gasteiger partial charge in [-0.25, -0.2) is 4.98 Å². The molecule has 2 heterocycles. The molecule has 0 radical (unpaired) electrons. The molecule has 1 amide bonds. The Morgan fingerprint density at radius 2 is 2.04 bits per heavy atom. The third-order valence-electron chi connectivity index (χ3n) is 4.45. The number of aryl methyl sites for hydroxylation is 1. The van der Waals surface area contributed by atoms with Crippen molar-refractivity contribution in [3.8, 4) is 0 Å². The highest BCUT2D eigenvalue weighted by atomic mass is 35.5. The minimum atomic E-state index is -0.0522. The molecule has 1 aromatic heterocycles. The lowest BCUT2D eigenvalue weighted by Crippen LogP contribution is -2.40. The molecule has 0 aliphatic carbocycles. The van der Waals surface area contributed by atoms with Gasteiger partial charge < -0.3 is 14.8 Å². The van der Waals surface area contributed by atoms with E-state index in [1.54, 1.807) is 23.2 Å². The molecule has 2 aromatic rings. The number of hydrogen-bond acceptors (Lipinski definition) is 3. The third-order valence-corrected chi connectivity index (χ3v) is 4.88. The Labute approximate surface area is 157 Å². The van der Waals surface area contributed by atoms with Crippen LogP contribution in [0.1, 0.15) is 35.3 Å². The first kappa shape index (κ1) is 18.2. The summed E-state index contributed by atoms with van der Waals surface area (Å²) in [7, 11) is 1.86. The van der Waals surface area contributed by atoms with Gasteiger partial charge in [0, 0.05) is 35.9 Å². The van der Waals surface area contributed by atoms with Crippen molar-refractivity contribution in [3.05, 3.63) is 52.0 Å². The average Bonchev–Trinajstić information content (AvgIpc) is 2.82. The highest BCUT2D eigenvalue weighted by Gasteiger charge is 2.27. The van der Waals surface area contributed by atoms with Crippen molar-refractivity contribution < 1.29 is 4.79 Å². The maximum Gasteiger partial charge on any atom is 0.274 e. The molecular formula is C18H22Cl2N4O. The number of carbonyl (C=O) groups excluding carboxylic acids is 1. The van der Waals surface area contributed by atoms with E-state index in [2.05, 4.69) is 10.3 Å². The molecule has 1 saturated heterocycles. The number of rotatable bonds is 4. The van der Waals surface area contributed by atoms with Crippen molar-refractivity contribution in [1.82, 2.24) is 19.8 Å². The molecule has 0 spiro atoms. The molecule has 5 nitrogen and oxygen atoms in total. The summed E-state index contributed by atoms with van der Waals surface area (Å²) in [4.78, 5) is 19.3. The molecule has 1 N–H and O–H groups in total. The van der Waals surface area contributed by atoms with E-state index in [9.17, 15) is 4.79 Å². The average molecular weight is 381 g/mol. The number of carbonyl (C=O) groups is 1. The molecule has 1 unspecified atom stereocenters. The van der Waals surface area contributed by atoms with Crippen LogP contribution < -0.4 is 5.32 Å². The van der Waals surface area contributed by atoms with Gasteiger partial charge in [-0.05, 0) is 56.1 Å². The standard InChI is InChI=1S/C18H22Cl2N4O/c1-23-11-17(22-12-23)18(25)24(16-3-2-5-21-6-4-16)10-13-7-14(19)9-15(20)8-13/h7-9,11-12,16,21H,2-6,10H2,1H3. The molecule has 3 rings (SSSR count). The van der Waals surface area contributed by atoms with Gasteiger partial charge in [-0.3, -0.25) is 4.79 Å². The van der Waals surface area contributed by atoms with Crippen LogP contribution in [0, 0.1) is 0 Å². The Kier molecular flexibility index (Phi) is 5.99. The zero-order valence-corrected chi connectivity index (χ0v) is 15.7. The number of nitrogens with one attached hydrogen (secondary N) is 1. The fraction of sp³-hybridized carbons (Fsp3) is 0.444.